The number of guanidine groups is 1. The molecule has 154 valence electrons. The van der Waals surface area contributed by atoms with E-state index in [9.17, 15) is 0 Å². The molecule has 3 heterocycles. The number of hydrogen-bond donors (Lipinski definition) is 1. The molecular weight excluding hydrogens is 461 g/mol. The second-order valence-corrected chi connectivity index (χ2v) is 6.97. The molecule has 1 atom stereocenters. The summed E-state index contributed by atoms with van der Waals surface area (Å²) in [6.07, 6.45) is 6.95. The Bertz CT molecular complexity index is 569. The van der Waals surface area contributed by atoms with Gasteiger partial charge in [-0.25, -0.2) is 0 Å². The van der Waals surface area contributed by atoms with Crippen molar-refractivity contribution in [2.45, 2.75) is 57.7 Å². The van der Waals surface area contributed by atoms with Crippen molar-refractivity contribution >= 4 is 29.9 Å². The van der Waals surface area contributed by atoms with Crippen LogP contribution in [0, 0.1) is 6.92 Å². The lowest BCUT2D eigenvalue weighted by molar-refractivity contribution is -0.0721. The molecule has 8 nitrogen and oxygen atoms in total. The summed E-state index contributed by atoms with van der Waals surface area (Å²) in [4.78, 5) is 10.9. The Balaban J connectivity index is 0.00000261. The van der Waals surface area contributed by atoms with E-state index in [1.165, 1.54) is 12.8 Å². The normalized spacial score (nSPS) is 21.8. The van der Waals surface area contributed by atoms with Gasteiger partial charge in [-0.2, -0.15) is 4.98 Å². The summed E-state index contributed by atoms with van der Waals surface area (Å²) in [6.45, 7) is 6.08. The molecule has 2 fully saturated rings. The Morgan fingerprint density at radius 3 is 2.74 bits per heavy atom. The van der Waals surface area contributed by atoms with Crippen LogP contribution in [0.4, 0.5) is 0 Å². The van der Waals surface area contributed by atoms with E-state index in [2.05, 4.69) is 25.3 Å². The summed E-state index contributed by atoms with van der Waals surface area (Å²) < 4.78 is 17.0. The second kappa shape index (κ2) is 11.8. The van der Waals surface area contributed by atoms with Gasteiger partial charge in [0.15, 0.2) is 11.8 Å². The van der Waals surface area contributed by atoms with Gasteiger partial charge in [0.25, 0.3) is 0 Å². The molecule has 2 saturated heterocycles. The molecule has 1 N–H and O–H groups in total. The van der Waals surface area contributed by atoms with Crippen molar-refractivity contribution in [3.8, 4) is 0 Å². The van der Waals surface area contributed by atoms with Crippen molar-refractivity contribution in [1.82, 2.24) is 20.4 Å². The number of piperidine rings is 1. The fourth-order valence-corrected chi connectivity index (χ4v) is 3.47. The summed E-state index contributed by atoms with van der Waals surface area (Å²) >= 11 is 0. The van der Waals surface area contributed by atoms with E-state index in [1.54, 1.807) is 0 Å². The first-order valence-corrected chi connectivity index (χ1v) is 9.72. The SMILES string of the molecule is CN=C(NCCc1nc(C)no1)N1CCC(OCC2CCCCO2)CC1.I. The molecule has 1 unspecified atom stereocenters. The van der Waals surface area contributed by atoms with Crippen molar-refractivity contribution < 1.29 is 14.0 Å². The Hall–Kier alpha value is -0.940. The van der Waals surface area contributed by atoms with E-state index in [4.69, 9.17) is 14.0 Å². The number of hydrogen-bond acceptors (Lipinski definition) is 6. The molecule has 1 aromatic heterocycles. The first-order chi connectivity index (χ1) is 12.7. The Labute approximate surface area is 178 Å². The van der Waals surface area contributed by atoms with Crippen molar-refractivity contribution in [3.05, 3.63) is 11.7 Å². The third-order valence-corrected chi connectivity index (χ3v) is 4.94. The second-order valence-electron chi connectivity index (χ2n) is 6.97. The van der Waals surface area contributed by atoms with Crippen molar-refractivity contribution in [3.63, 3.8) is 0 Å². The van der Waals surface area contributed by atoms with Crippen LogP contribution in [0.1, 0.15) is 43.8 Å². The third kappa shape index (κ3) is 7.19. The zero-order valence-electron chi connectivity index (χ0n) is 16.4. The molecule has 2 aliphatic rings. The predicted octanol–water partition coefficient (Wildman–Crippen LogP) is 2.16. The summed E-state index contributed by atoms with van der Waals surface area (Å²) in [5, 5.41) is 7.19. The van der Waals surface area contributed by atoms with Gasteiger partial charge in [0.05, 0.1) is 18.8 Å². The Kier molecular flexibility index (Phi) is 9.77. The Morgan fingerprint density at radius 1 is 1.30 bits per heavy atom. The van der Waals surface area contributed by atoms with Gasteiger partial charge in [-0.1, -0.05) is 5.16 Å². The zero-order chi connectivity index (χ0) is 18.2. The molecule has 27 heavy (non-hydrogen) atoms. The number of rotatable bonds is 6. The lowest BCUT2D eigenvalue weighted by atomic mass is 10.1. The highest BCUT2D eigenvalue weighted by atomic mass is 127. The van der Waals surface area contributed by atoms with Crippen LogP contribution in [0.2, 0.25) is 0 Å². The van der Waals surface area contributed by atoms with Gasteiger partial charge in [0.2, 0.25) is 5.89 Å². The molecule has 0 aromatic carbocycles. The largest absolute Gasteiger partial charge is 0.376 e. The number of ether oxygens (including phenoxy) is 2. The molecule has 0 amide bonds. The van der Waals surface area contributed by atoms with E-state index >= 15 is 0 Å². The number of nitrogens with one attached hydrogen (secondary N) is 1. The molecular formula is C18H32IN5O3. The number of likely N-dealkylation sites (tertiary alicyclic amines) is 1. The maximum absolute atomic E-state index is 6.09. The quantitative estimate of drug-likeness (QED) is 0.370. The van der Waals surface area contributed by atoms with Gasteiger partial charge in [0.1, 0.15) is 0 Å². The molecule has 1 aromatic rings. The van der Waals surface area contributed by atoms with E-state index in [1.807, 2.05) is 14.0 Å². The van der Waals surface area contributed by atoms with Crippen molar-refractivity contribution in [2.24, 2.45) is 4.99 Å². The average molecular weight is 493 g/mol. The standard InChI is InChI=1S/C18H31N5O3.HI/c1-14-21-17(26-22-14)6-9-20-18(19-2)23-10-7-15(8-11-23)25-13-16-5-3-4-12-24-16;/h15-16H,3-13H2,1-2H3,(H,19,20);1H. The highest BCUT2D eigenvalue weighted by Gasteiger charge is 2.23. The van der Waals surface area contributed by atoms with Crippen LogP contribution in [0.3, 0.4) is 0 Å². The van der Waals surface area contributed by atoms with Gasteiger partial charge >= 0.3 is 0 Å². The molecule has 3 rings (SSSR count). The topological polar surface area (TPSA) is 85.0 Å². The summed E-state index contributed by atoms with van der Waals surface area (Å²) in [6, 6.07) is 0. The minimum absolute atomic E-state index is 0. The maximum atomic E-state index is 6.09. The number of aromatic nitrogens is 2. The molecule has 0 saturated carbocycles. The van der Waals surface area contributed by atoms with E-state index in [0.717, 1.165) is 58.1 Å². The van der Waals surface area contributed by atoms with Crippen LogP contribution in [0.15, 0.2) is 9.52 Å². The third-order valence-electron chi connectivity index (χ3n) is 4.94. The predicted molar refractivity (Wildman–Crippen MR) is 114 cm³/mol. The van der Waals surface area contributed by atoms with Crippen LogP contribution < -0.4 is 5.32 Å². The summed E-state index contributed by atoms with van der Waals surface area (Å²) in [7, 11) is 1.82. The monoisotopic (exact) mass is 493 g/mol. The van der Waals surface area contributed by atoms with Crippen LogP contribution in [-0.4, -0.2) is 73.1 Å². The number of aliphatic imine (C=N–C) groups is 1. The molecule has 0 bridgehead atoms. The zero-order valence-corrected chi connectivity index (χ0v) is 18.7. The average Bonchev–Trinajstić information content (AvgIpc) is 3.10. The molecule has 0 aliphatic carbocycles. The maximum Gasteiger partial charge on any atom is 0.228 e. The van der Waals surface area contributed by atoms with Crippen LogP contribution in [0.25, 0.3) is 0 Å². The lowest BCUT2D eigenvalue weighted by Crippen LogP contribution is -2.47. The minimum Gasteiger partial charge on any atom is -0.376 e. The first kappa shape index (κ1) is 22.4. The van der Waals surface area contributed by atoms with Gasteiger partial charge < -0.3 is 24.2 Å². The smallest absolute Gasteiger partial charge is 0.228 e. The lowest BCUT2D eigenvalue weighted by Gasteiger charge is -2.35. The summed E-state index contributed by atoms with van der Waals surface area (Å²) in [5.74, 6) is 2.25. The van der Waals surface area contributed by atoms with Crippen molar-refractivity contribution in [1.29, 1.82) is 0 Å². The van der Waals surface area contributed by atoms with Crippen LogP contribution in [-0.2, 0) is 15.9 Å². The highest BCUT2D eigenvalue weighted by Crippen LogP contribution is 2.17. The first-order valence-electron chi connectivity index (χ1n) is 9.72. The van der Waals surface area contributed by atoms with Gasteiger partial charge in [-0.3, -0.25) is 4.99 Å². The minimum atomic E-state index is 0. The molecule has 9 heteroatoms. The van der Waals surface area contributed by atoms with Crippen molar-refractivity contribution in [2.75, 3.05) is 39.9 Å². The molecule has 0 spiro atoms. The van der Waals surface area contributed by atoms with Crippen LogP contribution >= 0.6 is 24.0 Å². The highest BCUT2D eigenvalue weighted by molar-refractivity contribution is 14.0. The number of aryl methyl sites for hydroxylation is 1. The van der Waals surface area contributed by atoms with Gasteiger partial charge in [-0.05, 0) is 39.0 Å². The molecule has 0 radical (unpaired) electrons. The molecule has 2 aliphatic heterocycles. The summed E-state index contributed by atoms with van der Waals surface area (Å²) in [5.41, 5.74) is 0. The Morgan fingerprint density at radius 2 is 2.11 bits per heavy atom. The number of nitrogens with zero attached hydrogens (tertiary/aromatic N) is 4. The van der Waals surface area contributed by atoms with E-state index in [0.29, 0.717) is 30.3 Å². The van der Waals surface area contributed by atoms with E-state index in [-0.39, 0.29) is 24.0 Å². The van der Waals surface area contributed by atoms with Crippen LogP contribution in [0.5, 0.6) is 0 Å². The van der Waals surface area contributed by atoms with Gasteiger partial charge in [0, 0.05) is 39.7 Å². The van der Waals surface area contributed by atoms with Gasteiger partial charge in [-0.15, -0.1) is 24.0 Å². The fourth-order valence-electron chi connectivity index (χ4n) is 3.47. The fraction of sp³-hybridized carbons (Fsp3) is 0.833. The van der Waals surface area contributed by atoms with E-state index < -0.39 is 0 Å². The number of halogens is 1.